The van der Waals surface area contributed by atoms with E-state index in [4.69, 9.17) is 0 Å². The summed E-state index contributed by atoms with van der Waals surface area (Å²) in [5.41, 5.74) is 5.25. The fraction of sp³-hybridized carbons (Fsp3) is 0.240. The maximum atomic E-state index is 12.3. The number of benzene rings is 2. The Morgan fingerprint density at radius 2 is 1.72 bits per heavy atom. The van der Waals surface area contributed by atoms with Gasteiger partial charge in [-0.2, -0.15) is 8.42 Å². The molecule has 186 valence electrons. The van der Waals surface area contributed by atoms with Gasteiger partial charge >= 0.3 is 29.6 Å². The first kappa shape index (κ1) is 30.2. The van der Waals surface area contributed by atoms with Crippen molar-refractivity contribution >= 4 is 37.2 Å². The zero-order chi connectivity index (χ0) is 26.0. The Morgan fingerprint density at radius 1 is 1.03 bits per heavy atom. The Hall–Kier alpha value is -2.05. The number of hydrogen-bond acceptors (Lipinski definition) is 7. The van der Waals surface area contributed by atoms with Crippen molar-refractivity contribution in [2.45, 2.75) is 37.5 Å². The van der Waals surface area contributed by atoms with Crippen LogP contribution in [0.4, 0.5) is 5.69 Å². The predicted molar refractivity (Wildman–Crippen MR) is 136 cm³/mol. The summed E-state index contributed by atoms with van der Waals surface area (Å²) in [5, 5.41) is 3.25. The van der Waals surface area contributed by atoms with E-state index < -0.39 is 30.0 Å². The Kier molecular flexibility index (Phi) is 10.1. The van der Waals surface area contributed by atoms with Gasteiger partial charge in [0.1, 0.15) is 15.0 Å². The van der Waals surface area contributed by atoms with Gasteiger partial charge in [-0.1, -0.05) is 18.2 Å². The molecule has 0 fully saturated rings. The van der Waals surface area contributed by atoms with Crippen LogP contribution in [0.5, 0.6) is 0 Å². The summed E-state index contributed by atoms with van der Waals surface area (Å²) in [7, 11) is -9.84. The van der Waals surface area contributed by atoms with Crippen LogP contribution in [0.2, 0.25) is 0 Å². The molecule has 0 aliphatic heterocycles. The first-order valence-corrected chi connectivity index (χ1v) is 13.8. The van der Waals surface area contributed by atoms with Gasteiger partial charge in [0, 0.05) is 24.3 Å². The van der Waals surface area contributed by atoms with E-state index in [9.17, 15) is 25.9 Å². The van der Waals surface area contributed by atoms with Crippen molar-refractivity contribution in [3.8, 4) is 0 Å². The van der Waals surface area contributed by atoms with Crippen LogP contribution in [-0.2, 0) is 20.2 Å². The Balaban J connectivity index is 0.00000456. The maximum absolute atomic E-state index is 12.3. The maximum Gasteiger partial charge on any atom is 1.00 e. The van der Waals surface area contributed by atoms with Gasteiger partial charge in [0.2, 0.25) is 0 Å². The summed E-state index contributed by atoms with van der Waals surface area (Å²) in [5.74, 6) is 0. The molecule has 0 amide bonds. The number of aliphatic imine (C=N–C) groups is 1. The second kappa shape index (κ2) is 12.0. The van der Waals surface area contributed by atoms with Gasteiger partial charge < -0.3 is 9.87 Å². The monoisotopic (exact) mass is 538 g/mol. The van der Waals surface area contributed by atoms with Gasteiger partial charge in [-0.05, 0) is 92.0 Å². The summed E-state index contributed by atoms with van der Waals surface area (Å²) >= 11 is 0. The fourth-order valence-corrected chi connectivity index (χ4v) is 5.22. The molecular weight excluding hydrogens is 511 g/mol. The predicted octanol–water partition coefficient (Wildman–Crippen LogP) is 1.36. The quantitative estimate of drug-likeness (QED) is 0.401. The van der Waals surface area contributed by atoms with Crippen LogP contribution in [0.1, 0.15) is 37.5 Å². The van der Waals surface area contributed by atoms with Crippen molar-refractivity contribution in [2.75, 3.05) is 18.4 Å². The molecule has 11 heteroatoms. The van der Waals surface area contributed by atoms with E-state index in [1.54, 1.807) is 6.08 Å². The van der Waals surface area contributed by atoms with E-state index in [2.05, 4.69) is 10.3 Å². The average Bonchev–Trinajstić information content (AvgIpc) is 2.76. The average molecular weight is 539 g/mol. The summed E-state index contributed by atoms with van der Waals surface area (Å²) in [6.07, 6.45) is 5.46. The van der Waals surface area contributed by atoms with Crippen LogP contribution in [0.25, 0.3) is 5.57 Å². The number of rotatable bonds is 7. The first-order valence-electron chi connectivity index (χ1n) is 10.9. The fourth-order valence-electron chi connectivity index (χ4n) is 3.92. The zero-order valence-electron chi connectivity index (χ0n) is 20.9. The number of nitrogens with zero attached hydrogens (tertiary/aromatic N) is 1. The molecule has 0 saturated carbocycles. The number of anilines is 1. The summed E-state index contributed by atoms with van der Waals surface area (Å²) in [6, 6.07) is 8.52. The molecule has 0 saturated heterocycles. The number of hydrogen-bond donors (Lipinski definition) is 2. The number of aryl methyl sites for hydroxylation is 1. The molecule has 0 radical (unpaired) electrons. The Bertz CT molecular complexity index is 1500. The summed E-state index contributed by atoms with van der Waals surface area (Å²) in [6.45, 7) is 9.00. The second-order valence-corrected chi connectivity index (χ2v) is 10.8. The molecule has 8 nitrogen and oxygen atoms in total. The van der Waals surface area contributed by atoms with E-state index in [0.29, 0.717) is 29.3 Å². The van der Waals surface area contributed by atoms with Crippen molar-refractivity contribution in [1.29, 1.82) is 0 Å². The van der Waals surface area contributed by atoms with Gasteiger partial charge in [0.25, 0.3) is 10.1 Å². The van der Waals surface area contributed by atoms with Crippen LogP contribution < -0.4 is 34.9 Å². The minimum atomic E-state index is -4.95. The number of nitrogens with one attached hydrogen (secondary N) is 1. The molecular formula is C25H27N2NaO6S2. The minimum absolute atomic E-state index is 0. The molecule has 1 aliphatic carbocycles. The summed E-state index contributed by atoms with van der Waals surface area (Å²) in [4.78, 5) is 3.02. The molecule has 2 aromatic rings. The topological polar surface area (TPSA) is 136 Å². The van der Waals surface area contributed by atoms with Crippen LogP contribution >= 0.6 is 0 Å². The molecule has 0 unspecified atom stereocenters. The van der Waals surface area contributed by atoms with E-state index >= 15 is 0 Å². The van der Waals surface area contributed by atoms with Crippen molar-refractivity contribution in [3.63, 3.8) is 0 Å². The van der Waals surface area contributed by atoms with Gasteiger partial charge in [-0.3, -0.25) is 9.55 Å². The van der Waals surface area contributed by atoms with Gasteiger partial charge in [0.05, 0.1) is 10.6 Å². The smallest absolute Gasteiger partial charge is 0.744 e. The second-order valence-electron chi connectivity index (χ2n) is 8.00. The number of allylic oxidation sites excluding steroid dienone is 5. The normalized spacial score (nSPS) is 16.4. The minimum Gasteiger partial charge on any atom is -0.744 e. The van der Waals surface area contributed by atoms with Crippen molar-refractivity contribution in [2.24, 2.45) is 4.99 Å². The molecule has 0 aromatic heterocycles. The third-order valence-corrected chi connectivity index (χ3v) is 7.21. The Labute approximate surface area is 234 Å². The third kappa shape index (κ3) is 6.83. The van der Waals surface area contributed by atoms with Crippen LogP contribution in [0.3, 0.4) is 0 Å². The molecule has 1 aliphatic rings. The molecule has 0 heterocycles. The third-order valence-electron chi connectivity index (χ3n) is 5.49. The van der Waals surface area contributed by atoms with Crippen LogP contribution in [-0.4, -0.2) is 44.7 Å². The van der Waals surface area contributed by atoms with E-state index in [0.717, 1.165) is 35.1 Å². The molecule has 0 bridgehead atoms. The van der Waals surface area contributed by atoms with Gasteiger partial charge in [-0.25, -0.2) is 8.42 Å². The van der Waals surface area contributed by atoms with E-state index in [1.807, 2.05) is 58.0 Å². The van der Waals surface area contributed by atoms with Crippen LogP contribution in [0.15, 0.2) is 80.6 Å². The Morgan fingerprint density at radius 3 is 2.25 bits per heavy atom. The summed E-state index contributed by atoms with van der Waals surface area (Å²) < 4.78 is 69.3. The molecule has 0 spiro atoms. The van der Waals surface area contributed by atoms with Crippen molar-refractivity contribution in [1.82, 2.24) is 0 Å². The van der Waals surface area contributed by atoms with Crippen molar-refractivity contribution < 1.29 is 55.5 Å². The molecule has 2 aromatic carbocycles. The first-order chi connectivity index (χ1) is 16.4. The zero-order valence-corrected chi connectivity index (χ0v) is 24.5. The van der Waals surface area contributed by atoms with E-state index in [1.165, 1.54) is 6.07 Å². The van der Waals surface area contributed by atoms with Crippen molar-refractivity contribution in [3.05, 3.63) is 82.5 Å². The molecule has 2 N–H and O–H groups in total. The molecule has 3 rings (SSSR count). The van der Waals surface area contributed by atoms with Gasteiger partial charge in [0.15, 0.2) is 0 Å². The molecule has 36 heavy (non-hydrogen) atoms. The van der Waals surface area contributed by atoms with Gasteiger partial charge in [-0.15, -0.1) is 0 Å². The standard InChI is InChI=1S/C25H28N2O6S2.Na/c1-5-26-22-11-7-18(13-16(22)3)25(19-8-12-23(27-6-2)17(4)14-19)21-10-9-20(34(28,29)30)15-24(21)35(31,32)33;/h7-15,26H,5-6H2,1-4H3,(H,28,29,30)(H,31,32,33);/q;+1/p-1/b25-19-,27-23?;. The SMILES string of the molecule is CCN=C1C=C/C(=C(\c2ccc(NCC)c(C)c2)c2ccc(S(=O)(=O)[O-])cc2S(=O)(=O)O)C=C1C.[Na+]. The van der Waals surface area contributed by atoms with E-state index in [-0.39, 0.29) is 35.1 Å². The molecule has 0 atom stereocenters. The van der Waals surface area contributed by atoms with Crippen LogP contribution in [0, 0.1) is 6.92 Å². The largest absolute Gasteiger partial charge is 1.00 e.